The Morgan fingerprint density at radius 2 is 1.71 bits per heavy atom. The number of carbonyl (C=O) groups excluding carboxylic acids is 4. The maximum absolute atomic E-state index is 14.9. The number of cyclic esters (lactones) is 1. The number of nitrogens with zero attached hydrogens (tertiary/aromatic N) is 2. The van der Waals surface area contributed by atoms with E-state index in [0.717, 1.165) is 10.8 Å². The number of anilines is 1. The molecule has 0 radical (unpaired) electrons. The topological polar surface area (TPSA) is 135 Å². The number of esters is 1. The highest BCUT2D eigenvalue weighted by Crippen LogP contribution is 2.53. The molecule has 0 aliphatic carbocycles. The van der Waals surface area contributed by atoms with Gasteiger partial charge in [-0.05, 0) is 54.2 Å². The average Bonchev–Trinajstić information content (AvgIpc) is 3.54. The minimum Gasteiger partial charge on any atom is -0.455 e. The van der Waals surface area contributed by atoms with E-state index in [2.05, 4.69) is 5.32 Å². The summed E-state index contributed by atoms with van der Waals surface area (Å²) in [6.45, 7) is 0.611. The molecular weight excluding hydrogens is 662 g/mol. The van der Waals surface area contributed by atoms with Crippen molar-refractivity contribution in [2.45, 2.75) is 62.0 Å². The van der Waals surface area contributed by atoms with Gasteiger partial charge in [-0.25, -0.2) is 0 Å². The fourth-order valence-corrected chi connectivity index (χ4v) is 8.28. The van der Waals surface area contributed by atoms with Gasteiger partial charge in [0, 0.05) is 38.9 Å². The number of fused-ring (bicyclic) bond motifs is 3. The molecule has 0 bridgehead atoms. The Hall–Kier alpha value is -4.84. The second-order valence-electron chi connectivity index (χ2n) is 13.9. The van der Waals surface area contributed by atoms with Crippen LogP contribution in [-0.4, -0.2) is 90.9 Å². The lowest BCUT2D eigenvalue weighted by Gasteiger charge is -2.35. The van der Waals surface area contributed by atoms with Crippen LogP contribution in [0.1, 0.15) is 43.8 Å². The van der Waals surface area contributed by atoms with Gasteiger partial charge >= 0.3 is 5.97 Å². The van der Waals surface area contributed by atoms with Crippen LogP contribution in [0.5, 0.6) is 0 Å². The summed E-state index contributed by atoms with van der Waals surface area (Å²) < 4.78 is 18.7. The first-order valence-corrected chi connectivity index (χ1v) is 18.1. The quantitative estimate of drug-likeness (QED) is 0.192. The maximum Gasteiger partial charge on any atom is 0.313 e. The minimum absolute atomic E-state index is 0.0273. The van der Waals surface area contributed by atoms with Gasteiger partial charge in [-0.1, -0.05) is 85.0 Å². The van der Waals surface area contributed by atoms with Gasteiger partial charge in [-0.3, -0.25) is 19.2 Å². The molecule has 2 N–H and O–H groups in total. The van der Waals surface area contributed by atoms with E-state index in [1.54, 1.807) is 22.0 Å². The molecule has 7 rings (SSSR count). The zero-order chi connectivity index (χ0) is 36.2. The first-order chi connectivity index (χ1) is 25.4. The summed E-state index contributed by atoms with van der Waals surface area (Å²) in [5.41, 5.74) is -0.109. The first kappa shape index (κ1) is 35.6. The molecule has 2 saturated heterocycles. The highest BCUT2D eigenvalue weighted by Gasteiger charge is 2.71. The molecule has 4 aliphatic rings. The van der Waals surface area contributed by atoms with Crippen LogP contribution in [0.2, 0.25) is 0 Å². The molecule has 0 unspecified atom stereocenters. The van der Waals surface area contributed by atoms with Crippen LogP contribution < -0.4 is 10.2 Å². The molecule has 52 heavy (non-hydrogen) atoms. The number of hydrogen-bond donors (Lipinski definition) is 2. The number of methoxy groups -OCH3 is 1. The third-order valence-electron chi connectivity index (χ3n) is 10.7. The Bertz CT molecular complexity index is 1860. The second kappa shape index (κ2) is 15.4. The van der Waals surface area contributed by atoms with Gasteiger partial charge in [0.25, 0.3) is 5.91 Å². The number of carbonyl (C=O) groups is 4. The molecular formula is C41H45N3O8. The van der Waals surface area contributed by atoms with E-state index in [4.69, 9.17) is 14.2 Å². The van der Waals surface area contributed by atoms with E-state index in [1.165, 1.54) is 7.11 Å². The van der Waals surface area contributed by atoms with Crippen LogP contribution in [0, 0.1) is 11.8 Å². The van der Waals surface area contributed by atoms with Crippen LogP contribution in [0.3, 0.4) is 0 Å². The summed E-state index contributed by atoms with van der Waals surface area (Å²) >= 11 is 0. The van der Waals surface area contributed by atoms with E-state index >= 15 is 0 Å². The monoisotopic (exact) mass is 707 g/mol. The summed E-state index contributed by atoms with van der Waals surface area (Å²) in [5.74, 6) is -3.67. The van der Waals surface area contributed by atoms with Gasteiger partial charge in [0.1, 0.15) is 23.7 Å². The van der Waals surface area contributed by atoms with Crippen LogP contribution in [0.25, 0.3) is 10.8 Å². The lowest BCUT2D eigenvalue weighted by molar-refractivity contribution is -0.162. The number of hydrogen-bond acceptors (Lipinski definition) is 8. The molecule has 7 atom stereocenters. The molecule has 0 saturated carbocycles. The molecule has 4 aliphatic heterocycles. The summed E-state index contributed by atoms with van der Waals surface area (Å²) in [5, 5.41) is 14.5. The second-order valence-corrected chi connectivity index (χ2v) is 13.9. The number of ether oxygens (including phenoxy) is 3. The molecule has 11 heteroatoms. The number of amides is 3. The molecule has 272 valence electrons. The van der Waals surface area contributed by atoms with Crippen molar-refractivity contribution in [2.24, 2.45) is 11.8 Å². The fourth-order valence-electron chi connectivity index (χ4n) is 8.28. The lowest BCUT2D eigenvalue weighted by atomic mass is 9.77. The molecule has 1 spiro atoms. The summed E-state index contributed by atoms with van der Waals surface area (Å²) in [6.07, 6.45) is 7.72. The summed E-state index contributed by atoms with van der Waals surface area (Å²) in [6, 6.07) is 21.2. The number of allylic oxidation sites excluding steroid dienone is 1. The number of aliphatic hydroxyl groups excluding tert-OH is 1. The minimum atomic E-state index is -1.46. The molecule has 2 fully saturated rings. The average molecular weight is 708 g/mol. The van der Waals surface area contributed by atoms with Crippen LogP contribution >= 0.6 is 0 Å². The van der Waals surface area contributed by atoms with E-state index in [-0.39, 0.29) is 50.4 Å². The smallest absolute Gasteiger partial charge is 0.313 e. The molecule has 3 aromatic rings. The Morgan fingerprint density at radius 3 is 2.50 bits per heavy atom. The number of aliphatic hydroxyl groups is 1. The van der Waals surface area contributed by atoms with Crippen molar-refractivity contribution in [3.05, 3.63) is 103 Å². The van der Waals surface area contributed by atoms with Crippen LogP contribution in [0.15, 0.2) is 97.1 Å². The van der Waals surface area contributed by atoms with Crippen molar-refractivity contribution < 1.29 is 38.5 Å². The zero-order valence-electron chi connectivity index (χ0n) is 29.3. The highest BCUT2D eigenvalue weighted by atomic mass is 16.6. The zero-order valence-corrected chi connectivity index (χ0v) is 29.3. The van der Waals surface area contributed by atoms with E-state index in [1.807, 2.05) is 84.9 Å². The van der Waals surface area contributed by atoms with Gasteiger partial charge in [-0.2, -0.15) is 0 Å². The van der Waals surface area contributed by atoms with E-state index in [9.17, 15) is 24.3 Å². The maximum atomic E-state index is 14.9. The SMILES string of the molecule is COC[C@H]1NC(=O)CC/C=C\[C@H]2O[C@]34C=CCN(c5ccc6ccccc6c5)C(=O)[C@H]3N(CCCCCO)C(=O)[C@@H]4[C@H]2C(=O)O[C@@H]1c1ccccc1. The number of nitrogens with one attached hydrogen (secondary N) is 1. The van der Waals surface area contributed by atoms with Gasteiger partial charge < -0.3 is 34.4 Å². The highest BCUT2D eigenvalue weighted by molar-refractivity contribution is 6.06. The molecule has 11 nitrogen and oxygen atoms in total. The Labute approximate surface area is 303 Å². The Balaban J connectivity index is 1.30. The summed E-state index contributed by atoms with van der Waals surface area (Å²) in [7, 11) is 1.52. The lowest BCUT2D eigenvalue weighted by Crippen LogP contribution is -2.55. The first-order valence-electron chi connectivity index (χ1n) is 18.1. The largest absolute Gasteiger partial charge is 0.455 e. The van der Waals surface area contributed by atoms with E-state index in [0.29, 0.717) is 36.9 Å². The van der Waals surface area contributed by atoms with Crippen LogP contribution in [-0.2, 0) is 33.4 Å². The number of rotatable bonds is 9. The predicted octanol–water partition coefficient (Wildman–Crippen LogP) is 4.25. The number of benzene rings is 3. The third kappa shape index (κ3) is 6.64. The van der Waals surface area contributed by atoms with Crippen molar-refractivity contribution in [3.63, 3.8) is 0 Å². The van der Waals surface area contributed by atoms with E-state index < -0.39 is 47.7 Å². The third-order valence-corrected chi connectivity index (χ3v) is 10.7. The van der Waals surface area contributed by atoms with Crippen molar-refractivity contribution in [2.75, 3.05) is 38.3 Å². The van der Waals surface area contributed by atoms with Gasteiger partial charge in [0.15, 0.2) is 0 Å². The number of unbranched alkanes of at least 4 members (excludes halogenated alkanes) is 2. The predicted molar refractivity (Wildman–Crippen MR) is 194 cm³/mol. The van der Waals surface area contributed by atoms with Crippen molar-refractivity contribution in [1.82, 2.24) is 10.2 Å². The Kier molecular flexibility index (Phi) is 10.5. The van der Waals surface area contributed by atoms with Crippen molar-refractivity contribution >= 4 is 40.2 Å². The Morgan fingerprint density at radius 1 is 0.923 bits per heavy atom. The molecule has 3 amide bonds. The van der Waals surface area contributed by atoms with Crippen molar-refractivity contribution in [3.8, 4) is 0 Å². The fraction of sp³-hybridized carbons (Fsp3) is 0.415. The standard InChI is InChI=1S/C41H45N3O8/c1-50-26-31-36(28-14-4-2-5-15-28)51-40(49)34-32(17-8-9-18-33(46)42-31)52-41-21-12-23-43(30-20-19-27-13-6-7-16-29(27)25-30)39(48)37(41)44(38(47)35(34)41)22-10-3-11-24-45/h2,4-8,12-17,19-21,25,31-32,34-37,45H,3,9-11,18,22-24,26H2,1H3,(H,42,46)/b17-8-/t31-,32-,34+,35+,36-,37-,41+/m1/s1. The van der Waals surface area contributed by atoms with Crippen molar-refractivity contribution in [1.29, 1.82) is 0 Å². The van der Waals surface area contributed by atoms with Gasteiger partial charge in [0.2, 0.25) is 11.8 Å². The normalized spacial score (nSPS) is 29.7. The molecule has 0 aromatic heterocycles. The molecule has 4 heterocycles. The molecule has 3 aromatic carbocycles. The number of likely N-dealkylation sites (tertiary alicyclic amines) is 1. The summed E-state index contributed by atoms with van der Waals surface area (Å²) in [4.78, 5) is 60.7. The van der Waals surface area contributed by atoms with Crippen LogP contribution in [0.4, 0.5) is 5.69 Å². The van der Waals surface area contributed by atoms with Gasteiger partial charge in [0.05, 0.1) is 24.7 Å². The van der Waals surface area contributed by atoms with Gasteiger partial charge in [-0.15, -0.1) is 0 Å².